The van der Waals surface area contributed by atoms with Crippen molar-refractivity contribution >= 4 is 17.6 Å². The molecule has 2 bridgehead atoms. The summed E-state index contributed by atoms with van der Waals surface area (Å²) < 4.78 is 12.0. The Hall–Kier alpha value is -3.15. The van der Waals surface area contributed by atoms with Gasteiger partial charge in [0.25, 0.3) is 0 Å². The zero-order chi connectivity index (χ0) is 32.7. The van der Waals surface area contributed by atoms with E-state index in [2.05, 4.69) is 24.9 Å². The number of para-hydroxylation sites is 1. The van der Waals surface area contributed by atoms with E-state index in [1.807, 2.05) is 49.9 Å². The maximum Gasteiger partial charge on any atom is 0.410 e. The first-order valence-corrected chi connectivity index (χ1v) is 17.9. The predicted octanol–water partition coefficient (Wildman–Crippen LogP) is 4.74. The number of anilines is 2. The van der Waals surface area contributed by atoms with Crippen LogP contribution in [-0.4, -0.2) is 118 Å². The normalized spacial score (nSPS) is 28.0. The topological polar surface area (TPSA) is 121 Å². The molecule has 5 fully saturated rings. The van der Waals surface area contributed by atoms with E-state index in [1.165, 1.54) is 45.3 Å². The van der Waals surface area contributed by atoms with Gasteiger partial charge >= 0.3 is 6.09 Å². The number of nitrogens with zero attached hydrogens (tertiary/aromatic N) is 6. The van der Waals surface area contributed by atoms with Crippen molar-refractivity contribution in [3.63, 3.8) is 0 Å². The second kappa shape index (κ2) is 13.4. The van der Waals surface area contributed by atoms with Gasteiger partial charge in [-0.05, 0) is 109 Å². The molecule has 1 aromatic carbocycles. The number of hydrogen-bond donors (Lipinski definition) is 2. The molecule has 11 nitrogen and oxygen atoms in total. The van der Waals surface area contributed by atoms with E-state index in [0.717, 1.165) is 63.5 Å². The molecule has 2 aromatic rings. The summed E-state index contributed by atoms with van der Waals surface area (Å²) in [5.41, 5.74) is 8.17. The van der Waals surface area contributed by atoms with Gasteiger partial charge in [0.15, 0.2) is 5.82 Å². The third-order valence-electron chi connectivity index (χ3n) is 11.0. The molecule has 5 heterocycles. The summed E-state index contributed by atoms with van der Waals surface area (Å²) in [4.78, 5) is 22.1. The van der Waals surface area contributed by atoms with Crippen LogP contribution in [0, 0.1) is 5.92 Å². The zero-order valence-electron chi connectivity index (χ0n) is 28.4. The smallest absolute Gasteiger partial charge is 0.410 e. The third kappa shape index (κ3) is 7.32. The number of rotatable bonds is 7. The largest absolute Gasteiger partial charge is 0.507 e. The number of nitrogens with two attached hydrogens (primary N) is 1. The van der Waals surface area contributed by atoms with Crippen LogP contribution in [0.2, 0.25) is 0 Å². The monoisotopic (exact) mass is 647 g/mol. The molecule has 2 atom stereocenters. The molecule has 1 aromatic heterocycles. The minimum atomic E-state index is -0.453. The minimum Gasteiger partial charge on any atom is -0.507 e. The van der Waals surface area contributed by atoms with Crippen LogP contribution in [0.3, 0.4) is 0 Å². The molecule has 5 aliphatic rings. The number of carbonyl (C=O) groups excluding carboxylic acids is 1. The Kier molecular flexibility index (Phi) is 9.23. The van der Waals surface area contributed by atoms with Gasteiger partial charge in [-0.15, -0.1) is 10.2 Å². The number of ether oxygens (including phenoxy) is 2. The van der Waals surface area contributed by atoms with Gasteiger partial charge in [-0.1, -0.05) is 12.1 Å². The highest BCUT2D eigenvalue weighted by Gasteiger charge is 2.45. The van der Waals surface area contributed by atoms with Gasteiger partial charge in [0.2, 0.25) is 0 Å². The van der Waals surface area contributed by atoms with Gasteiger partial charge in [-0.2, -0.15) is 0 Å². The summed E-state index contributed by atoms with van der Waals surface area (Å²) >= 11 is 0. The molecule has 0 spiro atoms. The number of likely N-dealkylation sites (tertiary alicyclic amines) is 2. The van der Waals surface area contributed by atoms with Crippen LogP contribution < -0.4 is 10.6 Å². The number of piperazine rings is 1. The number of phenolic OH excluding ortho intramolecular Hbond substituents is 1. The Labute approximate surface area is 279 Å². The van der Waals surface area contributed by atoms with Crippen molar-refractivity contribution in [2.24, 2.45) is 5.92 Å². The van der Waals surface area contributed by atoms with Crippen molar-refractivity contribution in [1.82, 2.24) is 24.9 Å². The lowest BCUT2D eigenvalue weighted by atomic mass is 9.81. The van der Waals surface area contributed by atoms with Crippen LogP contribution in [0.5, 0.6) is 5.75 Å². The van der Waals surface area contributed by atoms with E-state index in [1.54, 1.807) is 6.07 Å². The molecule has 4 aliphatic heterocycles. The van der Waals surface area contributed by atoms with Crippen LogP contribution in [0.15, 0.2) is 30.3 Å². The van der Waals surface area contributed by atoms with E-state index in [4.69, 9.17) is 15.2 Å². The molecular weight excluding hydrogens is 594 g/mol. The predicted molar refractivity (Wildman–Crippen MR) is 182 cm³/mol. The zero-order valence-corrected chi connectivity index (χ0v) is 28.4. The van der Waals surface area contributed by atoms with E-state index in [0.29, 0.717) is 41.3 Å². The number of amides is 1. The van der Waals surface area contributed by atoms with Gasteiger partial charge in [0, 0.05) is 56.4 Å². The van der Waals surface area contributed by atoms with Gasteiger partial charge in [0.05, 0.1) is 23.6 Å². The summed E-state index contributed by atoms with van der Waals surface area (Å²) in [5, 5.41) is 18.9. The summed E-state index contributed by atoms with van der Waals surface area (Å²) in [5.74, 6) is 1.39. The third-order valence-corrected chi connectivity index (χ3v) is 11.0. The molecule has 256 valence electrons. The molecular formula is C36H53N7O4. The van der Waals surface area contributed by atoms with Gasteiger partial charge < -0.3 is 35.0 Å². The second-order valence-electron chi connectivity index (χ2n) is 15.5. The Bertz CT molecular complexity index is 1380. The number of carbonyl (C=O) groups is 1. The molecule has 4 saturated heterocycles. The van der Waals surface area contributed by atoms with Gasteiger partial charge in [-0.3, -0.25) is 4.90 Å². The first kappa shape index (κ1) is 32.4. The maximum atomic E-state index is 12.4. The number of nitrogen functional groups attached to an aromatic ring is 1. The van der Waals surface area contributed by atoms with E-state index in [-0.39, 0.29) is 17.9 Å². The molecule has 0 radical (unpaired) electrons. The Balaban J connectivity index is 0.839. The van der Waals surface area contributed by atoms with Crippen LogP contribution in [-0.2, 0) is 9.47 Å². The van der Waals surface area contributed by atoms with E-state index in [9.17, 15) is 9.90 Å². The Morgan fingerprint density at radius 2 is 1.60 bits per heavy atom. The molecule has 1 aliphatic carbocycles. The fourth-order valence-corrected chi connectivity index (χ4v) is 8.67. The van der Waals surface area contributed by atoms with Crippen LogP contribution >= 0.6 is 0 Å². The lowest BCUT2D eigenvalue weighted by Gasteiger charge is -2.49. The highest BCUT2D eigenvalue weighted by molar-refractivity contribution is 5.74. The summed E-state index contributed by atoms with van der Waals surface area (Å²) in [7, 11) is 0. The number of aromatic hydroxyl groups is 1. The standard InChI is InChI=1S/C36H53N7O4/c1-36(2,3)47-35(45)41-16-12-28(13-17-41)46-29-18-24(19-29)21-40-14-10-25(11-15-40)43-26-8-9-27(43)23-42(22-26)32-20-31(38-39-34(32)37)30-6-4-5-7-33(30)44/h4-7,20,24-29,44H,8-19,21-23H2,1-3H3,(H2,37,39)/t24-,26?,27?,29-. The highest BCUT2D eigenvalue weighted by atomic mass is 16.6. The molecule has 3 N–H and O–H groups in total. The van der Waals surface area contributed by atoms with Crippen molar-refractivity contribution in [3.8, 4) is 17.0 Å². The molecule has 47 heavy (non-hydrogen) atoms. The van der Waals surface area contributed by atoms with Crippen molar-refractivity contribution < 1.29 is 19.4 Å². The van der Waals surface area contributed by atoms with Crippen LogP contribution in [0.4, 0.5) is 16.3 Å². The van der Waals surface area contributed by atoms with Crippen molar-refractivity contribution in [3.05, 3.63) is 30.3 Å². The number of phenols is 1. The first-order chi connectivity index (χ1) is 22.6. The molecule has 7 rings (SSSR count). The minimum absolute atomic E-state index is 0.202. The summed E-state index contributed by atoms with van der Waals surface area (Å²) in [6, 6.07) is 11.0. The molecule has 2 unspecified atom stereocenters. The number of piperidine rings is 2. The van der Waals surface area contributed by atoms with E-state index < -0.39 is 5.60 Å². The van der Waals surface area contributed by atoms with Crippen LogP contribution in [0.25, 0.3) is 11.3 Å². The molecule has 1 amide bonds. The average molecular weight is 648 g/mol. The summed E-state index contributed by atoms with van der Waals surface area (Å²) in [6.07, 6.45) is 9.51. The Morgan fingerprint density at radius 3 is 2.26 bits per heavy atom. The average Bonchev–Trinajstić information content (AvgIpc) is 3.29. The fourth-order valence-electron chi connectivity index (χ4n) is 8.67. The van der Waals surface area contributed by atoms with E-state index >= 15 is 0 Å². The maximum absolute atomic E-state index is 12.4. The second-order valence-corrected chi connectivity index (χ2v) is 15.5. The number of fused-ring (bicyclic) bond motifs is 2. The lowest BCUT2D eigenvalue weighted by molar-refractivity contribution is -0.0986. The molecule has 11 heteroatoms. The van der Waals surface area contributed by atoms with Crippen molar-refractivity contribution in [2.45, 2.75) is 108 Å². The van der Waals surface area contributed by atoms with Gasteiger partial charge in [-0.25, -0.2) is 4.79 Å². The quantitative estimate of drug-likeness (QED) is 0.436. The van der Waals surface area contributed by atoms with Crippen molar-refractivity contribution in [1.29, 1.82) is 0 Å². The highest BCUT2D eigenvalue weighted by Crippen LogP contribution is 2.40. The molecule has 1 saturated carbocycles. The number of aromatic nitrogens is 2. The SMILES string of the molecule is CC(C)(C)OC(=O)N1CCC(O[C@H]2C[C@H](CN3CCC(N4C5CCC4CN(c4cc(-c6ccccc6O)nnc4N)C5)CC3)C2)CC1. The van der Waals surface area contributed by atoms with Gasteiger partial charge in [0.1, 0.15) is 11.4 Å². The van der Waals surface area contributed by atoms with Crippen LogP contribution in [0.1, 0.15) is 72.1 Å². The summed E-state index contributed by atoms with van der Waals surface area (Å²) in [6.45, 7) is 12.6. The van der Waals surface area contributed by atoms with Crippen molar-refractivity contribution in [2.75, 3.05) is 56.4 Å². The lowest BCUT2D eigenvalue weighted by Crippen LogP contribution is -2.59. The first-order valence-electron chi connectivity index (χ1n) is 17.9. The number of benzene rings is 1. The Morgan fingerprint density at radius 1 is 0.915 bits per heavy atom. The number of hydrogen-bond acceptors (Lipinski definition) is 10. The fraction of sp³-hybridized carbons (Fsp3) is 0.694.